The Hall–Kier alpha value is -3.16. The quantitative estimate of drug-likeness (QED) is 0.429. The van der Waals surface area contributed by atoms with Crippen LogP contribution in [0.15, 0.2) is 33.5 Å². The van der Waals surface area contributed by atoms with Crippen molar-refractivity contribution in [3.8, 4) is 0 Å². The summed E-state index contributed by atoms with van der Waals surface area (Å²) in [5.74, 6) is -0.598. The normalized spacial score (nSPS) is 23.3. The second kappa shape index (κ2) is 8.32. The maximum absolute atomic E-state index is 13.1. The van der Waals surface area contributed by atoms with Crippen LogP contribution < -0.4 is 10.9 Å². The van der Waals surface area contributed by atoms with Crippen LogP contribution in [-0.4, -0.2) is 34.9 Å². The minimum Gasteiger partial charge on any atom is -0.459 e. The Balaban J connectivity index is 1.41. The number of fused-ring (bicyclic) bond motifs is 1. The topological polar surface area (TPSA) is 106 Å². The van der Waals surface area contributed by atoms with Crippen LogP contribution in [0.1, 0.15) is 57.6 Å². The van der Waals surface area contributed by atoms with Gasteiger partial charge in [-0.2, -0.15) is 0 Å². The molecule has 33 heavy (non-hydrogen) atoms. The van der Waals surface area contributed by atoms with Crippen molar-refractivity contribution in [3.63, 3.8) is 0 Å². The Morgan fingerprint density at radius 2 is 1.88 bits per heavy atom. The van der Waals surface area contributed by atoms with Gasteiger partial charge in [0.15, 0.2) is 0 Å². The first-order chi connectivity index (χ1) is 15.5. The lowest BCUT2D eigenvalue weighted by Gasteiger charge is -2.40. The molecule has 1 aromatic carbocycles. The summed E-state index contributed by atoms with van der Waals surface area (Å²) < 4.78 is 10.5. The summed E-state index contributed by atoms with van der Waals surface area (Å²) in [6.45, 7) is 7.82. The number of hydrogen-bond donors (Lipinski definition) is 1. The monoisotopic (exact) mass is 454 g/mol. The molecule has 2 aliphatic rings. The van der Waals surface area contributed by atoms with Gasteiger partial charge in [0.25, 0.3) is 5.91 Å². The highest BCUT2D eigenvalue weighted by Gasteiger charge is 2.53. The Bertz CT molecular complexity index is 1170. The predicted octanol–water partition coefficient (Wildman–Crippen LogP) is 3.67. The summed E-state index contributed by atoms with van der Waals surface area (Å²) in [4.78, 5) is 50.9. The van der Waals surface area contributed by atoms with Gasteiger partial charge in [0.2, 0.25) is 0 Å². The van der Waals surface area contributed by atoms with Gasteiger partial charge in [0.05, 0.1) is 0 Å². The van der Waals surface area contributed by atoms with Gasteiger partial charge >= 0.3 is 17.6 Å². The van der Waals surface area contributed by atoms with Crippen molar-refractivity contribution in [2.45, 2.75) is 65.5 Å². The number of carbonyl (C=O) groups is 3. The number of ether oxygens (including phenoxy) is 1. The van der Waals surface area contributed by atoms with E-state index >= 15 is 0 Å². The van der Waals surface area contributed by atoms with E-state index in [1.54, 1.807) is 12.1 Å². The smallest absolute Gasteiger partial charge is 0.336 e. The molecule has 1 aliphatic carbocycles. The first-order valence-electron chi connectivity index (χ1n) is 11.3. The van der Waals surface area contributed by atoms with Crippen molar-refractivity contribution in [2.75, 3.05) is 6.54 Å². The average molecular weight is 455 g/mol. The van der Waals surface area contributed by atoms with Crippen LogP contribution in [0.3, 0.4) is 0 Å². The first-order valence-corrected chi connectivity index (χ1v) is 11.3. The van der Waals surface area contributed by atoms with Crippen LogP contribution in [0.5, 0.6) is 0 Å². The van der Waals surface area contributed by atoms with Crippen LogP contribution in [0.2, 0.25) is 0 Å². The number of rotatable bonds is 4. The molecular formula is C25H30N2O6. The van der Waals surface area contributed by atoms with Crippen LogP contribution in [-0.2, 0) is 20.9 Å². The third-order valence-electron chi connectivity index (χ3n) is 6.97. The number of hydrogen-bond acceptors (Lipinski definition) is 6. The predicted molar refractivity (Wildman–Crippen MR) is 121 cm³/mol. The Kier molecular flexibility index (Phi) is 5.80. The highest BCUT2D eigenvalue weighted by Crippen LogP contribution is 2.43. The lowest BCUT2D eigenvalue weighted by atomic mass is 9.67. The van der Waals surface area contributed by atoms with Gasteiger partial charge in [0.1, 0.15) is 24.3 Å². The number of carbonyl (C=O) groups excluding carboxylic acids is 3. The molecule has 1 aromatic heterocycles. The van der Waals surface area contributed by atoms with Crippen molar-refractivity contribution in [3.05, 3.63) is 45.8 Å². The summed E-state index contributed by atoms with van der Waals surface area (Å²) in [5, 5.41) is 3.50. The zero-order chi connectivity index (χ0) is 24.0. The number of benzene rings is 1. The molecule has 0 bridgehead atoms. The summed E-state index contributed by atoms with van der Waals surface area (Å²) in [5.41, 5.74) is 0.531. The molecule has 1 spiro atoms. The van der Waals surface area contributed by atoms with E-state index in [4.69, 9.17) is 9.15 Å². The maximum Gasteiger partial charge on any atom is 0.336 e. The highest BCUT2D eigenvalue weighted by atomic mass is 16.5. The van der Waals surface area contributed by atoms with Crippen molar-refractivity contribution >= 4 is 28.9 Å². The number of urea groups is 1. The zero-order valence-electron chi connectivity index (χ0n) is 19.5. The summed E-state index contributed by atoms with van der Waals surface area (Å²) in [6.07, 6.45) is 2.82. The van der Waals surface area contributed by atoms with E-state index in [9.17, 15) is 19.2 Å². The van der Waals surface area contributed by atoms with Crippen LogP contribution >= 0.6 is 0 Å². The Labute approximate surface area is 192 Å². The number of amides is 3. The van der Waals surface area contributed by atoms with Crippen LogP contribution in [0, 0.1) is 18.3 Å². The summed E-state index contributed by atoms with van der Waals surface area (Å²) in [7, 11) is 0. The van der Waals surface area contributed by atoms with Gasteiger partial charge in [-0.3, -0.25) is 14.5 Å². The standard InChI is InChI=1S/C25H30N2O6/c1-15-5-6-18-16(12-20(28)33-19(18)11-15)14-32-21(29)13-27-22(30)25(26-23(27)31)9-7-17(8-10-25)24(2,3)4/h5-6,11-12,17H,7-10,13-14H2,1-4H3,(H,26,31). The van der Waals surface area contributed by atoms with E-state index in [1.165, 1.54) is 6.07 Å². The number of nitrogens with one attached hydrogen (secondary N) is 1. The average Bonchev–Trinajstić information content (AvgIpc) is 2.95. The second-order valence-corrected chi connectivity index (χ2v) is 10.3. The lowest BCUT2D eigenvalue weighted by Crippen LogP contribution is -2.50. The highest BCUT2D eigenvalue weighted by molar-refractivity contribution is 6.08. The molecule has 1 N–H and O–H groups in total. The largest absolute Gasteiger partial charge is 0.459 e. The van der Waals surface area contributed by atoms with Gasteiger partial charge in [-0.15, -0.1) is 0 Å². The first kappa shape index (κ1) is 23.0. The van der Waals surface area contributed by atoms with E-state index in [2.05, 4.69) is 26.1 Å². The van der Waals surface area contributed by atoms with Gasteiger partial charge in [-0.05, 0) is 55.6 Å². The van der Waals surface area contributed by atoms with Gasteiger partial charge in [-0.25, -0.2) is 9.59 Å². The number of esters is 1. The summed E-state index contributed by atoms with van der Waals surface area (Å²) >= 11 is 0. The zero-order valence-corrected chi connectivity index (χ0v) is 19.5. The third kappa shape index (κ3) is 4.51. The Morgan fingerprint density at radius 3 is 2.55 bits per heavy atom. The third-order valence-corrected chi connectivity index (χ3v) is 6.97. The van der Waals surface area contributed by atoms with Crippen molar-refractivity contribution in [1.82, 2.24) is 10.2 Å². The molecule has 1 aliphatic heterocycles. The molecule has 1 saturated carbocycles. The second-order valence-electron chi connectivity index (χ2n) is 10.3. The van der Waals surface area contributed by atoms with E-state index in [-0.39, 0.29) is 17.9 Å². The Morgan fingerprint density at radius 1 is 1.18 bits per heavy atom. The van der Waals surface area contributed by atoms with E-state index < -0.39 is 29.7 Å². The molecule has 1 saturated heterocycles. The number of imide groups is 1. The van der Waals surface area contributed by atoms with Crippen molar-refractivity contribution < 1.29 is 23.5 Å². The minimum atomic E-state index is -0.925. The van der Waals surface area contributed by atoms with E-state index in [1.807, 2.05) is 13.0 Å². The lowest BCUT2D eigenvalue weighted by molar-refractivity contribution is -0.149. The van der Waals surface area contributed by atoms with Crippen LogP contribution in [0.4, 0.5) is 4.79 Å². The molecule has 176 valence electrons. The van der Waals surface area contributed by atoms with Gasteiger partial charge in [0, 0.05) is 17.0 Å². The van der Waals surface area contributed by atoms with Gasteiger partial charge < -0.3 is 14.5 Å². The molecule has 3 amide bonds. The molecule has 4 rings (SSSR count). The van der Waals surface area contributed by atoms with E-state index in [0.717, 1.165) is 23.3 Å². The van der Waals surface area contributed by atoms with Crippen LogP contribution in [0.25, 0.3) is 11.0 Å². The van der Waals surface area contributed by atoms with Crippen molar-refractivity contribution in [2.24, 2.45) is 11.3 Å². The molecular weight excluding hydrogens is 424 g/mol. The maximum atomic E-state index is 13.1. The fraction of sp³-hybridized carbons (Fsp3) is 0.520. The number of nitrogens with zero attached hydrogens (tertiary/aromatic N) is 1. The molecule has 0 unspecified atom stereocenters. The molecule has 2 fully saturated rings. The molecule has 8 nitrogen and oxygen atoms in total. The molecule has 2 aromatic rings. The minimum absolute atomic E-state index is 0.147. The molecule has 8 heteroatoms. The number of aryl methyl sites for hydroxylation is 1. The van der Waals surface area contributed by atoms with Crippen molar-refractivity contribution in [1.29, 1.82) is 0 Å². The summed E-state index contributed by atoms with van der Waals surface area (Å²) in [6, 6.07) is 6.12. The van der Waals surface area contributed by atoms with E-state index in [0.29, 0.717) is 35.3 Å². The SMILES string of the molecule is Cc1ccc2c(COC(=O)CN3C(=O)NC4(CCC(C(C)(C)C)CC4)C3=O)cc(=O)oc2c1. The fourth-order valence-electron chi connectivity index (χ4n) is 4.92. The molecule has 0 radical (unpaired) electrons. The molecule has 0 atom stereocenters. The fourth-order valence-corrected chi connectivity index (χ4v) is 4.92. The molecule has 2 heterocycles. The van der Waals surface area contributed by atoms with Gasteiger partial charge in [-0.1, -0.05) is 32.9 Å².